The van der Waals surface area contributed by atoms with Gasteiger partial charge in [-0.3, -0.25) is 0 Å². The lowest BCUT2D eigenvalue weighted by molar-refractivity contribution is 0.481. The summed E-state index contributed by atoms with van der Waals surface area (Å²) in [6.45, 7) is 0. The van der Waals surface area contributed by atoms with Gasteiger partial charge in [-0.05, 0) is 41.1 Å². The summed E-state index contributed by atoms with van der Waals surface area (Å²) in [5.41, 5.74) is 0. The van der Waals surface area contributed by atoms with Gasteiger partial charge in [0.05, 0.1) is 0 Å². The van der Waals surface area contributed by atoms with Gasteiger partial charge in [-0.15, -0.1) is 0 Å². The predicted octanol–water partition coefficient (Wildman–Crippen LogP) is 5.49. The maximum Gasteiger partial charge on any atom is 0.135 e. The Balaban J connectivity index is 1.79. The molecular weight excluding hydrogens is 272 g/mol. The number of fused-ring (bicyclic) bond motifs is 2. The molecule has 0 atom stereocenters. The molecule has 2 heteroatoms. The quantitative estimate of drug-likeness (QED) is 0.528. The number of rotatable bonds is 2. The zero-order chi connectivity index (χ0) is 14.9. The Labute approximate surface area is 128 Å². The summed E-state index contributed by atoms with van der Waals surface area (Å²) in [6.07, 6.45) is 0. The third kappa shape index (κ3) is 2.15. The fraction of sp³-hybridized carbons (Fsp3) is 0. The number of ether oxygens (including phenoxy) is 1. The van der Waals surface area contributed by atoms with Crippen LogP contribution in [0.2, 0.25) is 0 Å². The third-order valence-electron chi connectivity index (χ3n) is 3.81. The molecule has 0 radical (unpaired) electrons. The van der Waals surface area contributed by atoms with Crippen molar-refractivity contribution < 1.29 is 9.84 Å². The van der Waals surface area contributed by atoms with Crippen LogP contribution in [0.1, 0.15) is 0 Å². The van der Waals surface area contributed by atoms with E-state index in [0.29, 0.717) is 0 Å². The number of hydrogen-bond donors (Lipinski definition) is 1. The SMILES string of the molecule is Oc1cccc2cc(Oc3cccc4ccccc34)ccc12. The van der Waals surface area contributed by atoms with E-state index in [0.717, 1.165) is 33.0 Å². The minimum absolute atomic E-state index is 0.286. The van der Waals surface area contributed by atoms with Crippen molar-refractivity contribution in [2.24, 2.45) is 0 Å². The number of benzene rings is 4. The zero-order valence-corrected chi connectivity index (χ0v) is 11.9. The Hall–Kier alpha value is -3.00. The molecule has 0 aromatic heterocycles. The van der Waals surface area contributed by atoms with Gasteiger partial charge < -0.3 is 9.84 Å². The molecule has 0 fully saturated rings. The van der Waals surface area contributed by atoms with Crippen LogP contribution in [0, 0.1) is 0 Å². The first-order chi connectivity index (χ1) is 10.8. The van der Waals surface area contributed by atoms with Crippen molar-refractivity contribution in [2.45, 2.75) is 0 Å². The Morgan fingerprint density at radius 2 is 1.41 bits per heavy atom. The summed E-state index contributed by atoms with van der Waals surface area (Å²) in [6, 6.07) is 25.4. The highest BCUT2D eigenvalue weighted by molar-refractivity contribution is 5.90. The van der Waals surface area contributed by atoms with Crippen molar-refractivity contribution in [3.63, 3.8) is 0 Å². The van der Waals surface area contributed by atoms with Crippen molar-refractivity contribution >= 4 is 21.5 Å². The highest BCUT2D eigenvalue weighted by Crippen LogP contribution is 2.33. The van der Waals surface area contributed by atoms with E-state index in [9.17, 15) is 5.11 Å². The first kappa shape index (κ1) is 12.7. The van der Waals surface area contributed by atoms with Gasteiger partial charge in [0, 0.05) is 10.8 Å². The second-order valence-electron chi connectivity index (χ2n) is 5.24. The van der Waals surface area contributed by atoms with Gasteiger partial charge in [0.1, 0.15) is 17.2 Å². The summed E-state index contributed by atoms with van der Waals surface area (Å²) < 4.78 is 6.06. The molecular formula is C20H14O2. The molecule has 0 aliphatic heterocycles. The molecule has 4 aromatic carbocycles. The van der Waals surface area contributed by atoms with E-state index in [1.54, 1.807) is 6.07 Å². The van der Waals surface area contributed by atoms with Crippen LogP contribution in [0.3, 0.4) is 0 Å². The molecule has 1 N–H and O–H groups in total. The molecule has 0 aliphatic rings. The average Bonchev–Trinajstić information content (AvgIpc) is 2.55. The topological polar surface area (TPSA) is 29.5 Å². The van der Waals surface area contributed by atoms with Crippen LogP contribution in [-0.2, 0) is 0 Å². The Kier molecular flexibility index (Phi) is 2.94. The van der Waals surface area contributed by atoms with E-state index < -0.39 is 0 Å². The Morgan fingerprint density at radius 1 is 0.636 bits per heavy atom. The normalized spacial score (nSPS) is 10.9. The highest BCUT2D eigenvalue weighted by Gasteiger charge is 2.05. The lowest BCUT2D eigenvalue weighted by Crippen LogP contribution is -1.86. The largest absolute Gasteiger partial charge is 0.507 e. The van der Waals surface area contributed by atoms with Gasteiger partial charge in [0.25, 0.3) is 0 Å². The van der Waals surface area contributed by atoms with Gasteiger partial charge in [-0.2, -0.15) is 0 Å². The summed E-state index contributed by atoms with van der Waals surface area (Å²) >= 11 is 0. The minimum atomic E-state index is 0.286. The van der Waals surface area contributed by atoms with E-state index >= 15 is 0 Å². The van der Waals surface area contributed by atoms with Crippen molar-refractivity contribution in [1.29, 1.82) is 0 Å². The summed E-state index contributed by atoms with van der Waals surface area (Å²) in [5.74, 6) is 1.88. The molecule has 0 saturated heterocycles. The maximum absolute atomic E-state index is 9.85. The van der Waals surface area contributed by atoms with Crippen LogP contribution in [0.25, 0.3) is 21.5 Å². The highest BCUT2D eigenvalue weighted by atomic mass is 16.5. The molecule has 0 aliphatic carbocycles. The van der Waals surface area contributed by atoms with Crippen LogP contribution >= 0.6 is 0 Å². The standard InChI is InChI=1S/C20H14O2/c21-19-9-3-7-15-13-16(11-12-17(15)19)22-20-10-4-6-14-5-1-2-8-18(14)20/h1-13,21H. The molecule has 2 nitrogen and oxygen atoms in total. The van der Waals surface area contributed by atoms with E-state index in [2.05, 4.69) is 18.2 Å². The van der Waals surface area contributed by atoms with Crippen LogP contribution in [0.15, 0.2) is 78.9 Å². The van der Waals surface area contributed by atoms with Crippen molar-refractivity contribution in [1.82, 2.24) is 0 Å². The Morgan fingerprint density at radius 3 is 2.36 bits per heavy atom. The number of phenolic OH excluding ortho intramolecular Hbond substituents is 1. The molecule has 0 spiro atoms. The van der Waals surface area contributed by atoms with Crippen LogP contribution in [0.4, 0.5) is 0 Å². The number of aromatic hydroxyl groups is 1. The third-order valence-corrected chi connectivity index (χ3v) is 3.81. The van der Waals surface area contributed by atoms with Crippen LogP contribution in [-0.4, -0.2) is 5.11 Å². The van der Waals surface area contributed by atoms with E-state index in [1.807, 2.05) is 54.6 Å². The van der Waals surface area contributed by atoms with Gasteiger partial charge in [0.2, 0.25) is 0 Å². The summed E-state index contributed by atoms with van der Waals surface area (Å²) in [7, 11) is 0. The fourth-order valence-electron chi connectivity index (χ4n) is 2.72. The van der Waals surface area contributed by atoms with E-state index in [4.69, 9.17) is 4.74 Å². The average molecular weight is 286 g/mol. The van der Waals surface area contributed by atoms with Crippen molar-refractivity contribution in [3.05, 3.63) is 78.9 Å². The second kappa shape index (κ2) is 5.08. The predicted molar refractivity (Wildman–Crippen MR) is 89.6 cm³/mol. The first-order valence-corrected chi connectivity index (χ1v) is 7.19. The first-order valence-electron chi connectivity index (χ1n) is 7.19. The molecule has 0 amide bonds. The molecule has 4 rings (SSSR count). The monoisotopic (exact) mass is 286 g/mol. The van der Waals surface area contributed by atoms with E-state index in [1.165, 1.54) is 0 Å². The summed E-state index contributed by atoms with van der Waals surface area (Å²) in [4.78, 5) is 0. The van der Waals surface area contributed by atoms with Gasteiger partial charge in [0.15, 0.2) is 0 Å². The smallest absolute Gasteiger partial charge is 0.135 e. The molecule has 0 saturated carbocycles. The lowest BCUT2D eigenvalue weighted by Gasteiger charge is -2.10. The molecule has 106 valence electrons. The minimum Gasteiger partial charge on any atom is -0.507 e. The number of hydrogen-bond acceptors (Lipinski definition) is 2. The van der Waals surface area contributed by atoms with Crippen molar-refractivity contribution in [2.75, 3.05) is 0 Å². The second-order valence-corrected chi connectivity index (χ2v) is 5.24. The Bertz CT molecular complexity index is 968. The lowest BCUT2D eigenvalue weighted by atomic mass is 10.1. The van der Waals surface area contributed by atoms with Gasteiger partial charge in [-0.1, -0.05) is 48.5 Å². The van der Waals surface area contributed by atoms with Crippen LogP contribution < -0.4 is 4.74 Å². The molecule has 22 heavy (non-hydrogen) atoms. The van der Waals surface area contributed by atoms with Gasteiger partial charge >= 0.3 is 0 Å². The number of phenols is 1. The van der Waals surface area contributed by atoms with Gasteiger partial charge in [-0.25, -0.2) is 0 Å². The molecule has 0 bridgehead atoms. The maximum atomic E-state index is 9.85. The fourth-order valence-corrected chi connectivity index (χ4v) is 2.72. The van der Waals surface area contributed by atoms with Crippen LogP contribution in [0.5, 0.6) is 17.2 Å². The molecule has 4 aromatic rings. The zero-order valence-electron chi connectivity index (χ0n) is 11.9. The molecule has 0 heterocycles. The van der Waals surface area contributed by atoms with Crippen molar-refractivity contribution in [3.8, 4) is 17.2 Å². The van der Waals surface area contributed by atoms with E-state index in [-0.39, 0.29) is 5.75 Å². The summed E-state index contributed by atoms with van der Waals surface area (Å²) in [5, 5.41) is 13.9. The molecule has 0 unspecified atom stereocenters.